The van der Waals surface area contributed by atoms with Crippen molar-refractivity contribution in [3.8, 4) is 0 Å². The first-order valence-corrected chi connectivity index (χ1v) is 5.75. The number of hydrogen-bond donors (Lipinski definition) is 1. The molecular weight excluding hydrogens is 176 g/mol. The second-order valence-electron chi connectivity index (χ2n) is 4.08. The monoisotopic (exact) mass is 198 g/mol. The molecule has 1 amide bonds. The first-order valence-electron chi connectivity index (χ1n) is 5.75. The average Bonchev–Trinajstić information content (AvgIpc) is 2.99. The van der Waals surface area contributed by atoms with Crippen LogP contribution in [0.5, 0.6) is 0 Å². The molecule has 0 spiro atoms. The number of nitrogens with zero attached hydrogens (tertiary/aromatic N) is 1. The van der Waals surface area contributed by atoms with Gasteiger partial charge in [-0.25, -0.2) is 0 Å². The van der Waals surface area contributed by atoms with Crippen molar-refractivity contribution in [2.75, 3.05) is 13.1 Å². The molecule has 0 aromatic carbocycles. The SMILES string of the molecule is CCCC(CN)C(=O)N(CC)C1CC1. The van der Waals surface area contributed by atoms with Crippen LogP contribution in [0.25, 0.3) is 0 Å². The smallest absolute Gasteiger partial charge is 0.227 e. The van der Waals surface area contributed by atoms with Gasteiger partial charge < -0.3 is 10.6 Å². The van der Waals surface area contributed by atoms with E-state index >= 15 is 0 Å². The van der Waals surface area contributed by atoms with Crippen LogP contribution in [-0.2, 0) is 4.79 Å². The molecule has 0 radical (unpaired) electrons. The second kappa shape index (κ2) is 5.35. The Hall–Kier alpha value is -0.570. The van der Waals surface area contributed by atoms with Crippen LogP contribution < -0.4 is 5.73 Å². The molecule has 0 aromatic heterocycles. The minimum Gasteiger partial charge on any atom is -0.340 e. The number of carbonyl (C=O) groups is 1. The minimum atomic E-state index is 0.0561. The van der Waals surface area contributed by atoms with E-state index in [4.69, 9.17) is 5.73 Å². The number of amides is 1. The summed E-state index contributed by atoms with van der Waals surface area (Å²) >= 11 is 0. The van der Waals surface area contributed by atoms with E-state index in [9.17, 15) is 4.79 Å². The van der Waals surface area contributed by atoms with Gasteiger partial charge in [-0.1, -0.05) is 13.3 Å². The van der Waals surface area contributed by atoms with E-state index < -0.39 is 0 Å². The highest BCUT2D eigenvalue weighted by Gasteiger charge is 2.33. The van der Waals surface area contributed by atoms with Crippen LogP contribution in [0.4, 0.5) is 0 Å². The first-order chi connectivity index (χ1) is 6.74. The maximum Gasteiger partial charge on any atom is 0.227 e. The van der Waals surface area contributed by atoms with Crippen LogP contribution in [0.2, 0.25) is 0 Å². The zero-order valence-corrected chi connectivity index (χ0v) is 9.33. The number of carbonyl (C=O) groups excluding carboxylic acids is 1. The Balaban J connectivity index is 2.49. The molecular formula is C11H22N2O. The predicted molar refractivity (Wildman–Crippen MR) is 57.9 cm³/mol. The van der Waals surface area contributed by atoms with Gasteiger partial charge in [-0.2, -0.15) is 0 Å². The van der Waals surface area contributed by atoms with Crippen LogP contribution in [0.15, 0.2) is 0 Å². The quantitative estimate of drug-likeness (QED) is 0.700. The lowest BCUT2D eigenvalue weighted by atomic mass is 10.0. The van der Waals surface area contributed by atoms with E-state index in [1.54, 1.807) is 0 Å². The summed E-state index contributed by atoms with van der Waals surface area (Å²) in [5.41, 5.74) is 5.63. The summed E-state index contributed by atoms with van der Waals surface area (Å²) in [6.07, 6.45) is 4.33. The molecule has 1 atom stereocenters. The van der Waals surface area contributed by atoms with E-state index in [1.165, 1.54) is 12.8 Å². The molecule has 0 saturated heterocycles. The Morgan fingerprint density at radius 3 is 2.50 bits per heavy atom. The van der Waals surface area contributed by atoms with Gasteiger partial charge in [0.1, 0.15) is 0 Å². The van der Waals surface area contributed by atoms with Crippen molar-refractivity contribution in [1.29, 1.82) is 0 Å². The normalized spacial score (nSPS) is 17.9. The fourth-order valence-electron chi connectivity index (χ4n) is 1.91. The Bertz CT molecular complexity index is 190. The standard InChI is InChI=1S/C11H22N2O/c1-3-5-9(8-12)11(14)13(4-2)10-6-7-10/h9-10H,3-8,12H2,1-2H3. The lowest BCUT2D eigenvalue weighted by molar-refractivity contribution is -0.135. The summed E-state index contributed by atoms with van der Waals surface area (Å²) in [5.74, 6) is 0.333. The summed E-state index contributed by atoms with van der Waals surface area (Å²) in [6, 6.07) is 0.526. The number of nitrogens with two attached hydrogens (primary N) is 1. The maximum atomic E-state index is 12.0. The Morgan fingerprint density at radius 1 is 1.50 bits per heavy atom. The van der Waals surface area contributed by atoms with Crippen LogP contribution in [0.3, 0.4) is 0 Å². The number of hydrogen-bond acceptors (Lipinski definition) is 2. The van der Waals surface area contributed by atoms with E-state index in [1.807, 2.05) is 4.90 Å². The van der Waals surface area contributed by atoms with Gasteiger partial charge in [-0.05, 0) is 26.2 Å². The molecule has 14 heavy (non-hydrogen) atoms. The van der Waals surface area contributed by atoms with Crippen LogP contribution >= 0.6 is 0 Å². The van der Waals surface area contributed by atoms with Crippen molar-refractivity contribution in [2.24, 2.45) is 11.7 Å². The van der Waals surface area contributed by atoms with Gasteiger partial charge in [-0.3, -0.25) is 4.79 Å². The highest BCUT2D eigenvalue weighted by atomic mass is 16.2. The Kier molecular flexibility index (Phi) is 4.39. The summed E-state index contributed by atoms with van der Waals surface area (Å²) in [5, 5.41) is 0. The average molecular weight is 198 g/mol. The predicted octanol–water partition coefficient (Wildman–Crippen LogP) is 1.37. The lowest BCUT2D eigenvalue weighted by Gasteiger charge is -2.25. The molecule has 0 aliphatic heterocycles. The van der Waals surface area contributed by atoms with Crippen LogP contribution in [0, 0.1) is 5.92 Å². The van der Waals surface area contributed by atoms with E-state index in [-0.39, 0.29) is 11.8 Å². The zero-order valence-electron chi connectivity index (χ0n) is 9.33. The van der Waals surface area contributed by atoms with Gasteiger partial charge in [0.05, 0.1) is 5.92 Å². The van der Waals surface area contributed by atoms with E-state index in [0.717, 1.165) is 19.4 Å². The highest BCUT2D eigenvalue weighted by molar-refractivity contribution is 5.79. The summed E-state index contributed by atoms with van der Waals surface area (Å²) in [6.45, 7) is 5.48. The molecule has 3 heteroatoms. The maximum absolute atomic E-state index is 12.0. The third-order valence-corrected chi connectivity index (χ3v) is 2.88. The fraction of sp³-hybridized carbons (Fsp3) is 0.909. The third-order valence-electron chi connectivity index (χ3n) is 2.88. The summed E-state index contributed by atoms with van der Waals surface area (Å²) < 4.78 is 0. The molecule has 1 unspecified atom stereocenters. The molecule has 1 saturated carbocycles. The van der Waals surface area contributed by atoms with Crippen molar-refractivity contribution >= 4 is 5.91 Å². The van der Waals surface area contributed by atoms with Crippen LogP contribution in [-0.4, -0.2) is 29.9 Å². The molecule has 3 nitrogen and oxygen atoms in total. The Labute approximate surface area is 86.6 Å². The number of rotatable bonds is 6. The van der Waals surface area contributed by atoms with Crippen molar-refractivity contribution in [1.82, 2.24) is 4.90 Å². The molecule has 1 aliphatic rings. The molecule has 82 valence electrons. The van der Waals surface area contributed by atoms with Crippen molar-refractivity contribution in [3.05, 3.63) is 0 Å². The van der Waals surface area contributed by atoms with E-state index in [0.29, 0.717) is 12.6 Å². The molecule has 1 rings (SSSR count). The van der Waals surface area contributed by atoms with Gasteiger partial charge in [0.2, 0.25) is 5.91 Å². The third kappa shape index (κ3) is 2.71. The van der Waals surface area contributed by atoms with Gasteiger partial charge >= 0.3 is 0 Å². The summed E-state index contributed by atoms with van der Waals surface area (Å²) in [4.78, 5) is 14.0. The zero-order chi connectivity index (χ0) is 10.6. The van der Waals surface area contributed by atoms with Crippen molar-refractivity contribution in [2.45, 2.75) is 45.6 Å². The van der Waals surface area contributed by atoms with Gasteiger partial charge in [0.25, 0.3) is 0 Å². The highest BCUT2D eigenvalue weighted by Crippen LogP contribution is 2.28. The first kappa shape index (κ1) is 11.5. The molecule has 0 heterocycles. The summed E-state index contributed by atoms with van der Waals surface area (Å²) in [7, 11) is 0. The lowest BCUT2D eigenvalue weighted by Crippen LogP contribution is -2.40. The fourth-order valence-corrected chi connectivity index (χ4v) is 1.91. The molecule has 0 bridgehead atoms. The molecule has 2 N–H and O–H groups in total. The largest absolute Gasteiger partial charge is 0.340 e. The van der Waals surface area contributed by atoms with Gasteiger partial charge in [0.15, 0.2) is 0 Å². The molecule has 1 aliphatic carbocycles. The minimum absolute atomic E-state index is 0.0561. The topological polar surface area (TPSA) is 46.3 Å². The van der Waals surface area contributed by atoms with Crippen molar-refractivity contribution in [3.63, 3.8) is 0 Å². The Morgan fingerprint density at radius 2 is 2.14 bits per heavy atom. The van der Waals surface area contributed by atoms with Crippen molar-refractivity contribution < 1.29 is 4.79 Å². The second-order valence-corrected chi connectivity index (χ2v) is 4.08. The van der Waals surface area contributed by atoms with Crippen LogP contribution in [0.1, 0.15) is 39.5 Å². The van der Waals surface area contributed by atoms with E-state index in [2.05, 4.69) is 13.8 Å². The van der Waals surface area contributed by atoms with Gasteiger partial charge in [-0.15, -0.1) is 0 Å². The molecule has 1 fully saturated rings. The molecule has 0 aromatic rings. The van der Waals surface area contributed by atoms with Gasteiger partial charge in [0, 0.05) is 19.1 Å².